The van der Waals surface area contributed by atoms with E-state index in [1.54, 1.807) is 0 Å². The van der Waals surface area contributed by atoms with Crippen LogP contribution in [0.3, 0.4) is 0 Å². The maximum absolute atomic E-state index is 13.0. The van der Waals surface area contributed by atoms with Gasteiger partial charge in [-0.15, -0.1) is 12.4 Å². The fourth-order valence-corrected chi connectivity index (χ4v) is 1.68. The molecule has 0 fully saturated rings. The van der Waals surface area contributed by atoms with Gasteiger partial charge >= 0.3 is 12.1 Å². The van der Waals surface area contributed by atoms with Crippen LogP contribution in [0.1, 0.15) is 11.6 Å². The minimum Gasteiger partial charge on any atom is -0.319 e. The van der Waals surface area contributed by atoms with Crippen molar-refractivity contribution >= 4 is 35.6 Å². The molecule has 0 saturated heterocycles. The minimum atomic E-state index is -5.79. The number of nitrogens with two attached hydrogens (primary N) is 1. The molecule has 1 atom stereocenters. The summed E-state index contributed by atoms with van der Waals surface area (Å²) in [6, 6.07) is -2.69. The molecule has 0 aliphatic heterocycles. The van der Waals surface area contributed by atoms with Gasteiger partial charge in [-0.3, -0.25) is 4.98 Å². The molecule has 10 heteroatoms. The lowest BCUT2D eigenvalue weighted by atomic mass is 10.0. The Labute approximate surface area is 115 Å². The molecular formula is C8H6Cl3F5N2. The van der Waals surface area contributed by atoms with Gasteiger partial charge in [0.25, 0.3) is 0 Å². The van der Waals surface area contributed by atoms with Crippen LogP contribution in [0.5, 0.6) is 0 Å². The Kier molecular flexibility index (Phi) is 5.61. The Morgan fingerprint density at radius 1 is 1.06 bits per heavy atom. The molecule has 0 aliphatic rings. The number of pyridine rings is 1. The lowest BCUT2D eigenvalue weighted by molar-refractivity contribution is -0.290. The zero-order valence-corrected chi connectivity index (χ0v) is 10.6. The summed E-state index contributed by atoms with van der Waals surface area (Å²) in [7, 11) is 0. The van der Waals surface area contributed by atoms with Crippen LogP contribution in [0.4, 0.5) is 22.0 Å². The van der Waals surface area contributed by atoms with E-state index in [1.165, 1.54) is 0 Å². The maximum Gasteiger partial charge on any atom is 0.455 e. The lowest BCUT2D eigenvalue weighted by Gasteiger charge is -2.26. The molecule has 0 aromatic carbocycles. The summed E-state index contributed by atoms with van der Waals surface area (Å²) in [6.45, 7) is 0. The first-order valence-corrected chi connectivity index (χ1v) is 4.83. The van der Waals surface area contributed by atoms with E-state index in [-0.39, 0.29) is 12.4 Å². The van der Waals surface area contributed by atoms with Crippen molar-refractivity contribution in [3.05, 3.63) is 28.0 Å². The van der Waals surface area contributed by atoms with Crippen LogP contribution in [-0.4, -0.2) is 17.1 Å². The first kappa shape index (κ1) is 17.6. The molecule has 0 saturated carbocycles. The molecule has 104 valence electrons. The SMILES string of the molecule is Cl.N[C@H](c1c(Cl)cncc1Cl)C(F)(F)C(F)(F)F. The van der Waals surface area contributed by atoms with Crippen molar-refractivity contribution in [3.8, 4) is 0 Å². The van der Waals surface area contributed by atoms with Gasteiger partial charge in [-0.05, 0) is 0 Å². The third kappa shape index (κ3) is 3.14. The molecule has 0 spiro atoms. The van der Waals surface area contributed by atoms with Gasteiger partial charge in [0.1, 0.15) is 6.04 Å². The predicted octanol–water partition coefficient (Wildman–Crippen LogP) is 4.01. The number of alkyl halides is 5. The van der Waals surface area contributed by atoms with Gasteiger partial charge < -0.3 is 5.73 Å². The van der Waals surface area contributed by atoms with Gasteiger partial charge in [-0.25, -0.2) is 0 Å². The zero-order valence-electron chi connectivity index (χ0n) is 8.31. The first-order valence-electron chi connectivity index (χ1n) is 4.08. The van der Waals surface area contributed by atoms with E-state index in [0.717, 1.165) is 12.4 Å². The molecule has 1 heterocycles. The Balaban J connectivity index is 0.00000289. The normalized spacial score (nSPS) is 14.0. The summed E-state index contributed by atoms with van der Waals surface area (Å²) in [5.74, 6) is -5.14. The Bertz CT molecular complexity index is 403. The van der Waals surface area contributed by atoms with E-state index in [4.69, 9.17) is 28.9 Å². The van der Waals surface area contributed by atoms with Gasteiger partial charge in [0.2, 0.25) is 0 Å². The van der Waals surface area contributed by atoms with Crippen LogP contribution in [0, 0.1) is 0 Å². The van der Waals surface area contributed by atoms with Crippen molar-refractivity contribution in [2.45, 2.75) is 18.1 Å². The molecule has 2 N–H and O–H groups in total. The average molecular weight is 331 g/mol. The van der Waals surface area contributed by atoms with Gasteiger partial charge in [0, 0.05) is 18.0 Å². The van der Waals surface area contributed by atoms with E-state index in [1.807, 2.05) is 0 Å². The fraction of sp³-hybridized carbons (Fsp3) is 0.375. The van der Waals surface area contributed by atoms with Gasteiger partial charge in [-0.1, -0.05) is 23.2 Å². The maximum atomic E-state index is 13.0. The van der Waals surface area contributed by atoms with E-state index in [2.05, 4.69) is 4.98 Å². The first-order chi connectivity index (χ1) is 7.59. The van der Waals surface area contributed by atoms with Gasteiger partial charge in [-0.2, -0.15) is 22.0 Å². The number of aromatic nitrogens is 1. The molecule has 0 radical (unpaired) electrons. The fourth-order valence-electron chi connectivity index (χ4n) is 1.08. The molecule has 1 aromatic rings. The smallest absolute Gasteiger partial charge is 0.319 e. The summed E-state index contributed by atoms with van der Waals surface area (Å²) >= 11 is 10.9. The van der Waals surface area contributed by atoms with Crippen molar-refractivity contribution < 1.29 is 22.0 Å². The third-order valence-electron chi connectivity index (χ3n) is 1.97. The second-order valence-electron chi connectivity index (χ2n) is 3.12. The summed E-state index contributed by atoms with van der Waals surface area (Å²) in [5, 5.41) is -0.900. The standard InChI is InChI=1S/C8H5Cl2F5N2.ClH/c9-3-1-17-2-4(10)5(3)6(16)7(11,12)8(13,14)15;/h1-2,6H,16H2;1H/t6-;/m1./s1. The number of rotatable bonds is 2. The molecule has 1 aromatic heterocycles. The Morgan fingerprint density at radius 3 is 1.78 bits per heavy atom. The van der Waals surface area contributed by atoms with Gasteiger partial charge in [0.15, 0.2) is 0 Å². The second-order valence-corrected chi connectivity index (χ2v) is 3.93. The van der Waals surface area contributed by atoms with Crippen molar-refractivity contribution in [3.63, 3.8) is 0 Å². The highest BCUT2D eigenvalue weighted by molar-refractivity contribution is 6.35. The third-order valence-corrected chi connectivity index (χ3v) is 2.57. The topological polar surface area (TPSA) is 38.9 Å². The van der Waals surface area contributed by atoms with E-state index < -0.39 is 33.7 Å². The quantitative estimate of drug-likeness (QED) is 0.832. The summed E-state index contributed by atoms with van der Waals surface area (Å²) in [6.07, 6.45) is -4.02. The van der Waals surface area contributed by atoms with E-state index in [0.29, 0.717) is 0 Å². The number of halogens is 8. The van der Waals surface area contributed by atoms with Crippen LogP contribution in [0.2, 0.25) is 10.0 Å². The number of hydrogen-bond acceptors (Lipinski definition) is 2. The predicted molar refractivity (Wildman–Crippen MR) is 59.4 cm³/mol. The van der Waals surface area contributed by atoms with Crippen LogP contribution < -0.4 is 5.73 Å². The molecule has 18 heavy (non-hydrogen) atoms. The lowest BCUT2D eigenvalue weighted by Crippen LogP contribution is -2.46. The molecule has 0 aliphatic carbocycles. The molecule has 2 nitrogen and oxygen atoms in total. The van der Waals surface area contributed by atoms with Crippen LogP contribution in [0.15, 0.2) is 12.4 Å². The zero-order chi connectivity index (χ0) is 13.4. The highest BCUT2D eigenvalue weighted by Gasteiger charge is 2.62. The van der Waals surface area contributed by atoms with Crippen molar-refractivity contribution in [1.29, 1.82) is 0 Å². The van der Waals surface area contributed by atoms with Crippen molar-refractivity contribution in [2.24, 2.45) is 5.73 Å². The molecule has 1 rings (SSSR count). The Hall–Kier alpha value is -0.370. The molecule has 0 unspecified atom stereocenters. The minimum absolute atomic E-state index is 0. The Morgan fingerprint density at radius 2 is 1.44 bits per heavy atom. The highest BCUT2D eigenvalue weighted by atomic mass is 35.5. The monoisotopic (exact) mass is 330 g/mol. The molecule has 0 amide bonds. The van der Waals surface area contributed by atoms with Gasteiger partial charge in [0.05, 0.1) is 10.0 Å². The summed E-state index contributed by atoms with van der Waals surface area (Å²) in [5.41, 5.74) is 4.20. The van der Waals surface area contributed by atoms with Crippen LogP contribution >= 0.6 is 35.6 Å². The van der Waals surface area contributed by atoms with E-state index >= 15 is 0 Å². The number of hydrogen-bond donors (Lipinski definition) is 1. The number of nitrogens with zero attached hydrogens (tertiary/aromatic N) is 1. The summed E-state index contributed by atoms with van der Waals surface area (Å²) in [4.78, 5) is 3.43. The van der Waals surface area contributed by atoms with Crippen molar-refractivity contribution in [1.82, 2.24) is 4.98 Å². The molecular weight excluding hydrogens is 325 g/mol. The largest absolute Gasteiger partial charge is 0.455 e. The summed E-state index contributed by atoms with van der Waals surface area (Å²) < 4.78 is 62.3. The van der Waals surface area contributed by atoms with Crippen molar-refractivity contribution in [2.75, 3.05) is 0 Å². The second kappa shape index (κ2) is 5.73. The average Bonchev–Trinajstić information content (AvgIpc) is 2.15. The highest BCUT2D eigenvalue weighted by Crippen LogP contribution is 2.45. The van der Waals surface area contributed by atoms with E-state index in [9.17, 15) is 22.0 Å². The van der Waals surface area contributed by atoms with Crippen LogP contribution in [-0.2, 0) is 0 Å². The van der Waals surface area contributed by atoms with Crippen LogP contribution in [0.25, 0.3) is 0 Å². The molecule has 0 bridgehead atoms.